The van der Waals surface area contributed by atoms with Crippen LogP contribution >= 0.6 is 0 Å². The van der Waals surface area contributed by atoms with Gasteiger partial charge in [-0.1, -0.05) is 18.2 Å². The molecule has 1 aliphatic heterocycles. The van der Waals surface area contributed by atoms with Gasteiger partial charge in [-0.25, -0.2) is 0 Å². The molecule has 0 saturated heterocycles. The van der Waals surface area contributed by atoms with Crippen LogP contribution in [0.25, 0.3) is 0 Å². The van der Waals surface area contributed by atoms with Crippen LogP contribution in [0.1, 0.15) is 13.8 Å². The van der Waals surface area contributed by atoms with Gasteiger partial charge in [0, 0.05) is 6.92 Å². The number of hydrazone groups is 1. The van der Waals surface area contributed by atoms with E-state index in [-0.39, 0.29) is 5.91 Å². The lowest BCUT2D eigenvalue weighted by Crippen LogP contribution is -2.78. The van der Waals surface area contributed by atoms with Crippen molar-refractivity contribution in [3.63, 3.8) is 0 Å². The summed E-state index contributed by atoms with van der Waals surface area (Å²) in [5.41, 5.74) is 4.69. The lowest BCUT2D eigenvalue weighted by molar-refractivity contribution is -0.423. The van der Waals surface area contributed by atoms with Crippen molar-refractivity contribution in [2.45, 2.75) is 19.4 Å². The van der Waals surface area contributed by atoms with E-state index in [1.54, 1.807) is 6.92 Å². The molecule has 1 aromatic carbocycles. The summed E-state index contributed by atoms with van der Waals surface area (Å²) in [5, 5.41) is 5.65. The molecular formula is C11H14N3O+. The molecule has 0 bridgehead atoms. The predicted octanol–water partition coefficient (Wildman–Crippen LogP) is 0.410. The van der Waals surface area contributed by atoms with Gasteiger partial charge in [0.25, 0.3) is 0 Å². The van der Waals surface area contributed by atoms with Gasteiger partial charge in [-0.2, -0.15) is 10.1 Å². The number of hydrogen-bond donors (Lipinski definition) is 1. The maximum atomic E-state index is 12.0. The van der Waals surface area contributed by atoms with Gasteiger partial charge in [0.05, 0.1) is 5.69 Å². The monoisotopic (exact) mass is 204 g/mol. The molecule has 0 spiro atoms. The van der Waals surface area contributed by atoms with E-state index in [9.17, 15) is 4.79 Å². The van der Waals surface area contributed by atoms with Crippen molar-refractivity contribution in [2.24, 2.45) is 5.10 Å². The average molecular weight is 204 g/mol. The van der Waals surface area contributed by atoms with Crippen LogP contribution in [0, 0.1) is 0 Å². The minimum Gasteiger partial charge on any atom is -0.340 e. The van der Waals surface area contributed by atoms with Crippen LogP contribution in [-0.4, -0.2) is 17.2 Å². The normalized spacial score (nSPS) is 25.7. The van der Waals surface area contributed by atoms with Crippen LogP contribution in [0.5, 0.6) is 0 Å². The van der Waals surface area contributed by atoms with Crippen LogP contribution in [-0.2, 0) is 4.79 Å². The number of amides is 1. The van der Waals surface area contributed by atoms with E-state index in [2.05, 4.69) is 10.8 Å². The smallest absolute Gasteiger partial charge is 0.314 e. The molecule has 15 heavy (non-hydrogen) atoms. The zero-order chi connectivity index (χ0) is 11.1. The highest BCUT2D eigenvalue weighted by molar-refractivity contribution is 6.20. The van der Waals surface area contributed by atoms with Crippen LogP contribution in [0.15, 0.2) is 35.4 Å². The molecule has 1 aromatic rings. The molecule has 1 aliphatic rings. The molecule has 0 fully saturated rings. The van der Waals surface area contributed by atoms with Crippen molar-refractivity contribution in [1.82, 2.24) is 0 Å². The predicted molar refractivity (Wildman–Crippen MR) is 58.3 cm³/mol. The number of benzene rings is 1. The van der Waals surface area contributed by atoms with Crippen molar-refractivity contribution in [3.8, 4) is 0 Å². The third-order valence-corrected chi connectivity index (χ3v) is 2.71. The minimum atomic E-state index is -0.726. The highest BCUT2D eigenvalue weighted by Crippen LogP contribution is 2.23. The van der Waals surface area contributed by atoms with Gasteiger partial charge in [-0.3, -0.25) is 4.79 Å². The fourth-order valence-electron chi connectivity index (χ4n) is 1.44. The Kier molecular flexibility index (Phi) is 2.08. The molecule has 4 heteroatoms. The number of hydrogen-bond acceptors (Lipinski definition) is 2. The lowest BCUT2D eigenvalue weighted by atomic mass is 9.98. The molecule has 4 nitrogen and oxygen atoms in total. The molecule has 2 rings (SSSR count). The first kappa shape index (κ1) is 9.86. The number of para-hydroxylation sites is 1. The van der Waals surface area contributed by atoms with E-state index >= 15 is 0 Å². The fourth-order valence-corrected chi connectivity index (χ4v) is 1.44. The standard InChI is InChI=1S/C11H13N3O/c1-8-11(2,12)10(15)14(13-8)9-6-4-3-5-7-9/h3-7H,12H2,1-2H3/p+1/t11-/m1/s1. The third-order valence-electron chi connectivity index (χ3n) is 2.71. The molecule has 0 aliphatic carbocycles. The Morgan fingerprint density at radius 1 is 1.33 bits per heavy atom. The van der Waals surface area contributed by atoms with Crippen LogP contribution in [0.4, 0.5) is 5.69 Å². The van der Waals surface area contributed by atoms with E-state index in [1.807, 2.05) is 37.3 Å². The van der Waals surface area contributed by atoms with Crippen LogP contribution in [0.2, 0.25) is 0 Å². The van der Waals surface area contributed by atoms with Gasteiger partial charge in [0.2, 0.25) is 5.54 Å². The summed E-state index contributed by atoms with van der Waals surface area (Å²) in [4.78, 5) is 12.0. The molecule has 1 atom stereocenters. The minimum absolute atomic E-state index is 0.0776. The molecule has 1 heterocycles. The summed E-state index contributed by atoms with van der Waals surface area (Å²) in [6.45, 7) is 3.62. The zero-order valence-electron chi connectivity index (χ0n) is 8.90. The van der Waals surface area contributed by atoms with E-state index in [0.717, 1.165) is 11.4 Å². The Morgan fingerprint density at radius 2 is 1.93 bits per heavy atom. The number of nitrogens with zero attached hydrogens (tertiary/aromatic N) is 2. The Bertz CT molecular complexity index is 423. The van der Waals surface area contributed by atoms with Gasteiger partial charge in [0.1, 0.15) is 5.71 Å². The topological polar surface area (TPSA) is 60.3 Å². The SMILES string of the molecule is CC1=NN(c2ccccc2)C(=O)[C@]1(C)[NH3+]. The van der Waals surface area contributed by atoms with Gasteiger partial charge < -0.3 is 5.73 Å². The highest BCUT2D eigenvalue weighted by Gasteiger charge is 2.46. The Hall–Kier alpha value is -1.68. The second-order valence-corrected chi connectivity index (χ2v) is 3.97. The Labute approximate surface area is 88.4 Å². The molecule has 3 N–H and O–H groups in total. The second kappa shape index (κ2) is 3.17. The summed E-state index contributed by atoms with van der Waals surface area (Å²) in [7, 11) is 0. The van der Waals surface area contributed by atoms with Crippen molar-refractivity contribution < 1.29 is 10.5 Å². The second-order valence-electron chi connectivity index (χ2n) is 3.97. The van der Waals surface area contributed by atoms with Crippen molar-refractivity contribution in [2.75, 3.05) is 5.01 Å². The first-order valence-electron chi connectivity index (χ1n) is 4.84. The third kappa shape index (κ3) is 1.43. The first-order chi connectivity index (χ1) is 7.03. The van der Waals surface area contributed by atoms with Gasteiger partial charge in [-0.15, -0.1) is 0 Å². The summed E-state index contributed by atoms with van der Waals surface area (Å²) in [5.74, 6) is -0.0776. The number of rotatable bonds is 1. The Morgan fingerprint density at radius 3 is 2.40 bits per heavy atom. The van der Waals surface area contributed by atoms with E-state index in [1.165, 1.54) is 5.01 Å². The maximum absolute atomic E-state index is 12.0. The van der Waals surface area contributed by atoms with Crippen molar-refractivity contribution in [1.29, 1.82) is 0 Å². The molecule has 78 valence electrons. The number of carbonyl (C=O) groups is 1. The van der Waals surface area contributed by atoms with Gasteiger partial charge in [0.15, 0.2) is 0 Å². The molecule has 0 aromatic heterocycles. The number of quaternary nitrogens is 1. The van der Waals surface area contributed by atoms with Crippen LogP contribution < -0.4 is 10.7 Å². The maximum Gasteiger partial charge on any atom is 0.314 e. The summed E-state index contributed by atoms with van der Waals surface area (Å²) in [6, 6.07) is 9.38. The molecular weight excluding hydrogens is 190 g/mol. The van der Waals surface area contributed by atoms with Crippen molar-refractivity contribution >= 4 is 17.3 Å². The van der Waals surface area contributed by atoms with E-state index in [4.69, 9.17) is 0 Å². The molecule has 0 saturated carbocycles. The first-order valence-corrected chi connectivity index (χ1v) is 4.84. The molecule has 0 radical (unpaired) electrons. The van der Waals surface area contributed by atoms with Crippen LogP contribution in [0.3, 0.4) is 0 Å². The molecule has 1 amide bonds. The fraction of sp³-hybridized carbons (Fsp3) is 0.273. The quantitative estimate of drug-likeness (QED) is 0.707. The average Bonchev–Trinajstić information content (AvgIpc) is 2.44. The van der Waals surface area contributed by atoms with E-state index < -0.39 is 5.54 Å². The largest absolute Gasteiger partial charge is 0.340 e. The summed E-state index contributed by atoms with van der Waals surface area (Å²) < 4.78 is 0. The summed E-state index contributed by atoms with van der Waals surface area (Å²) in [6.07, 6.45) is 0. The lowest BCUT2D eigenvalue weighted by Gasteiger charge is -2.15. The highest BCUT2D eigenvalue weighted by atomic mass is 16.2. The number of carbonyl (C=O) groups excluding carboxylic acids is 1. The van der Waals surface area contributed by atoms with Gasteiger partial charge >= 0.3 is 5.91 Å². The molecule has 0 unspecified atom stereocenters. The Balaban J connectivity index is 2.40. The van der Waals surface area contributed by atoms with Gasteiger partial charge in [-0.05, 0) is 19.1 Å². The van der Waals surface area contributed by atoms with Crippen molar-refractivity contribution in [3.05, 3.63) is 30.3 Å². The van der Waals surface area contributed by atoms with E-state index in [0.29, 0.717) is 0 Å². The summed E-state index contributed by atoms with van der Waals surface area (Å²) >= 11 is 0. The number of anilines is 1. The zero-order valence-corrected chi connectivity index (χ0v) is 8.90.